The predicted octanol–water partition coefficient (Wildman–Crippen LogP) is 2.78. The van der Waals surface area contributed by atoms with Crippen molar-refractivity contribution in [1.29, 1.82) is 0 Å². The van der Waals surface area contributed by atoms with E-state index in [2.05, 4.69) is 5.32 Å². The number of nitro benzene ring substituents is 1. The quantitative estimate of drug-likeness (QED) is 0.677. The molecule has 1 amide bonds. The fourth-order valence-electron chi connectivity index (χ4n) is 1.75. The van der Waals surface area contributed by atoms with Gasteiger partial charge in [0, 0.05) is 18.2 Å². The molecule has 0 radical (unpaired) electrons. The molecule has 18 heavy (non-hydrogen) atoms. The third kappa shape index (κ3) is 2.46. The summed E-state index contributed by atoms with van der Waals surface area (Å²) in [5.74, 6) is -0.362. The molecule has 96 valence electrons. The van der Waals surface area contributed by atoms with Crippen molar-refractivity contribution in [3.05, 3.63) is 38.9 Å². The van der Waals surface area contributed by atoms with E-state index in [1.807, 2.05) is 13.8 Å². The van der Waals surface area contributed by atoms with E-state index in [0.29, 0.717) is 0 Å². The lowest BCUT2D eigenvalue weighted by molar-refractivity contribution is -0.384. The van der Waals surface area contributed by atoms with E-state index < -0.39 is 4.92 Å². The SMILES string of the molecule is CC1(C)CC1NC(=O)c1cc([N+](=O)[O-])ccc1Cl. The number of rotatable bonds is 3. The van der Waals surface area contributed by atoms with Crippen LogP contribution >= 0.6 is 11.6 Å². The molecule has 1 aliphatic rings. The smallest absolute Gasteiger partial charge is 0.270 e. The highest BCUT2D eigenvalue weighted by Gasteiger charge is 2.46. The Hall–Kier alpha value is -1.62. The van der Waals surface area contributed by atoms with Crippen LogP contribution < -0.4 is 5.32 Å². The summed E-state index contributed by atoms with van der Waals surface area (Å²) in [6.07, 6.45) is 0.908. The van der Waals surface area contributed by atoms with Gasteiger partial charge in [0.15, 0.2) is 0 Å². The molecule has 1 N–H and O–H groups in total. The molecular weight excluding hydrogens is 256 g/mol. The fraction of sp³-hybridized carbons (Fsp3) is 0.417. The molecule has 0 aromatic heterocycles. The molecule has 6 heteroatoms. The maximum absolute atomic E-state index is 12.0. The Morgan fingerprint density at radius 1 is 1.56 bits per heavy atom. The average molecular weight is 269 g/mol. The topological polar surface area (TPSA) is 72.2 Å². The molecule has 5 nitrogen and oxygen atoms in total. The molecule has 0 aliphatic heterocycles. The molecule has 1 atom stereocenters. The third-order valence-electron chi connectivity index (χ3n) is 3.22. The van der Waals surface area contributed by atoms with Gasteiger partial charge in [-0.3, -0.25) is 14.9 Å². The molecule has 1 aromatic carbocycles. The number of halogens is 1. The molecule has 1 saturated carbocycles. The van der Waals surface area contributed by atoms with Gasteiger partial charge in [-0.05, 0) is 17.9 Å². The molecular formula is C12H13ClN2O3. The van der Waals surface area contributed by atoms with Crippen LogP contribution in [0.2, 0.25) is 5.02 Å². The lowest BCUT2D eigenvalue weighted by Crippen LogP contribution is -2.28. The van der Waals surface area contributed by atoms with Crippen molar-refractivity contribution in [2.75, 3.05) is 0 Å². The zero-order valence-corrected chi connectivity index (χ0v) is 10.8. The summed E-state index contributed by atoms with van der Waals surface area (Å²) in [7, 11) is 0. The summed E-state index contributed by atoms with van der Waals surface area (Å²) >= 11 is 5.89. The molecule has 0 bridgehead atoms. The van der Waals surface area contributed by atoms with Crippen molar-refractivity contribution in [3.63, 3.8) is 0 Å². The molecule has 1 unspecified atom stereocenters. The van der Waals surface area contributed by atoms with Crippen LogP contribution in [0.5, 0.6) is 0 Å². The lowest BCUT2D eigenvalue weighted by Gasteiger charge is -2.08. The van der Waals surface area contributed by atoms with Gasteiger partial charge in [-0.15, -0.1) is 0 Å². The van der Waals surface area contributed by atoms with E-state index in [4.69, 9.17) is 11.6 Å². The summed E-state index contributed by atoms with van der Waals surface area (Å²) in [5.41, 5.74) is 0.108. The van der Waals surface area contributed by atoms with Crippen molar-refractivity contribution < 1.29 is 9.72 Å². The van der Waals surface area contributed by atoms with Gasteiger partial charge in [0.25, 0.3) is 11.6 Å². The van der Waals surface area contributed by atoms with Crippen LogP contribution in [-0.4, -0.2) is 16.9 Å². The molecule has 1 aromatic rings. The van der Waals surface area contributed by atoms with Gasteiger partial charge in [0.2, 0.25) is 0 Å². The number of nitrogens with one attached hydrogen (secondary N) is 1. The summed E-state index contributed by atoms with van der Waals surface area (Å²) in [4.78, 5) is 22.1. The Balaban J connectivity index is 2.19. The first-order valence-electron chi connectivity index (χ1n) is 5.56. The average Bonchev–Trinajstić information content (AvgIpc) is 2.85. The van der Waals surface area contributed by atoms with E-state index in [-0.39, 0.29) is 33.6 Å². The summed E-state index contributed by atoms with van der Waals surface area (Å²) in [6.45, 7) is 4.10. The highest BCUT2D eigenvalue weighted by Crippen LogP contribution is 2.44. The highest BCUT2D eigenvalue weighted by atomic mass is 35.5. The van der Waals surface area contributed by atoms with E-state index in [9.17, 15) is 14.9 Å². The van der Waals surface area contributed by atoms with Crippen LogP contribution in [-0.2, 0) is 0 Å². The van der Waals surface area contributed by atoms with Crippen molar-refractivity contribution in [2.45, 2.75) is 26.3 Å². The molecule has 0 heterocycles. The molecule has 0 saturated heterocycles. The first-order chi connectivity index (χ1) is 8.31. The Morgan fingerprint density at radius 2 is 2.17 bits per heavy atom. The van der Waals surface area contributed by atoms with Gasteiger partial charge in [-0.25, -0.2) is 0 Å². The number of nitro groups is 1. The van der Waals surface area contributed by atoms with E-state index in [1.54, 1.807) is 0 Å². The molecule has 1 aliphatic carbocycles. The van der Waals surface area contributed by atoms with Gasteiger partial charge >= 0.3 is 0 Å². The second-order valence-corrected chi connectivity index (χ2v) is 5.55. The second kappa shape index (κ2) is 4.24. The summed E-state index contributed by atoms with van der Waals surface area (Å²) < 4.78 is 0. The largest absolute Gasteiger partial charge is 0.349 e. The number of nitrogens with zero attached hydrogens (tertiary/aromatic N) is 1. The fourth-order valence-corrected chi connectivity index (χ4v) is 1.95. The number of amides is 1. The minimum atomic E-state index is -0.547. The number of carbonyl (C=O) groups excluding carboxylic acids is 1. The van der Waals surface area contributed by atoms with Crippen molar-refractivity contribution >= 4 is 23.2 Å². The summed E-state index contributed by atoms with van der Waals surface area (Å²) in [5, 5.41) is 13.7. The first-order valence-corrected chi connectivity index (χ1v) is 5.94. The Kier molecular flexibility index (Phi) is 3.02. The maximum Gasteiger partial charge on any atom is 0.270 e. The number of non-ortho nitro benzene ring substituents is 1. The van der Waals surface area contributed by atoms with Gasteiger partial charge in [0.1, 0.15) is 0 Å². The van der Waals surface area contributed by atoms with Gasteiger partial charge < -0.3 is 5.32 Å². The normalized spacial score (nSPS) is 20.3. The Labute approximate surface area is 109 Å². The van der Waals surface area contributed by atoms with E-state index in [0.717, 1.165) is 6.42 Å². The number of hydrogen-bond acceptors (Lipinski definition) is 3. The lowest BCUT2D eigenvalue weighted by atomic mass is 10.1. The van der Waals surface area contributed by atoms with Crippen LogP contribution in [0, 0.1) is 15.5 Å². The van der Waals surface area contributed by atoms with Gasteiger partial charge in [-0.1, -0.05) is 25.4 Å². The van der Waals surface area contributed by atoms with Crippen LogP contribution in [0.3, 0.4) is 0 Å². The highest BCUT2D eigenvalue weighted by molar-refractivity contribution is 6.34. The van der Waals surface area contributed by atoms with Crippen LogP contribution in [0.25, 0.3) is 0 Å². The van der Waals surface area contributed by atoms with Crippen molar-refractivity contribution in [1.82, 2.24) is 5.32 Å². The van der Waals surface area contributed by atoms with Gasteiger partial charge in [-0.2, -0.15) is 0 Å². The van der Waals surface area contributed by atoms with E-state index >= 15 is 0 Å². The number of benzene rings is 1. The van der Waals surface area contributed by atoms with Crippen molar-refractivity contribution in [2.24, 2.45) is 5.41 Å². The first kappa shape index (κ1) is 12.8. The zero-order chi connectivity index (χ0) is 13.5. The zero-order valence-electron chi connectivity index (χ0n) is 10.1. The molecule has 0 spiro atoms. The third-order valence-corrected chi connectivity index (χ3v) is 3.55. The molecule has 1 fully saturated rings. The van der Waals surface area contributed by atoms with Crippen LogP contribution in [0.15, 0.2) is 18.2 Å². The monoisotopic (exact) mass is 268 g/mol. The summed E-state index contributed by atoms with van der Waals surface area (Å²) in [6, 6.07) is 3.96. The Bertz CT molecular complexity index is 528. The number of hydrogen-bond donors (Lipinski definition) is 1. The maximum atomic E-state index is 12.0. The van der Waals surface area contributed by atoms with Crippen LogP contribution in [0.4, 0.5) is 5.69 Å². The standard InChI is InChI=1S/C12H13ClN2O3/c1-12(2)6-10(12)14-11(16)8-5-7(15(17)18)3-4-9(8)13/h3-5,10H,6H2,1-2H3,(H,14,16). The Morgan fingerprint density at radius 3 is 2.67 bits per heavy atom. The minimum absolute atomic E-state index is 0.100. The predicted molar refractivity (Wildman–Crippen MR) is 67.8 cm³/mol. The second-order valence-electron chi connectivity index (χ2n) is 5.14. The minimum Gasteiger partial charge on any atom is -0.349 e. The van der Waals surface area contributed by atoms with E-state index in [1.165, 1.54) is 18.2 Å². The van der Waals surface area contributed by atoms with Crippen molar-refractivity contribution in [3.8, 4) is 0 Å². The van der Waals surface area contributed by atoms with Crippen LogP contribution in [0.1, 0.15) is 30.6 Å². The molecule has 2 rings (SSSR count). The van der Waals surface area contributed by atoms with Gasteiger partial charge in [0.05, 0.1) is 15.5 Å². The number of carbonyl (C=O) groups is 1.